The molecule has 0 aromatic carbocycles. The van der Waals surface area contributed by atoms with Gasteiger partial charge in [-0.25, -0.2) is 4.98 Å². The Morgan fingerprint density at radius 2 is 2.50 bits per heavy atom. The summed E-state index contributed by atoms with van der Waals surface area (Å²) in [5.74, 6) is 0.424. The molecule has 6 nitrogen and oxygen atoms in total. The Kier molecular flexibility index (Phi) is 4.13. The first kappa shape index (κ1) is 13.2. The molecule has 0 spiro atoms. The molecule has 0 saturated carbocycles. The number of nitrogens with one attached hydrogen (secondary N) is 3. The molecule has 2 rings (SSSR count). The first-order valence-electron chi connectivity index (χ1n) is 5.91. The number of imidazole rings is 1. The minimum absolute atomic E-state index is 0.0541. The zero-order valence-electron chi connectivity index (χ0n) is 10.5. The number of aromatic nitrogens is 2. The van der Waals surface area contributed by atoms with Crippen LogP contribution < -0.4 is 10.6 Å². The van der Waals surface area contributed by atoms with Crippen molar-refractivity contribution in [2.45, 2.75) is 32.0 Å². The number of amides is 1. The quantitative estimate of drug-likeness (QED) is 0.676. The van der Waals surface area contributed by atoms with Gasteiger partial charge in [0.15, 0.2) is 0 Å². The number of carbonyl (C=O) groups excluding carboxylic acids is 1. The molecule has 7 heteroatoms. The maximum absolute atomic E-state index is 12.0. The van der Waals surface area contributed by atoms with Crippen LogP contribution in [-0.2, 0) is 28.6 Å². The van der Waals surface area contributed by atoms with E-state index in [0.717, 1.165) is 11.4 Å². The fourth-order valence-electron chi connectivity index (χ4n) is 2.09. The SMILES string of the molecule is CC(CS(C)=O)NC(=O)C1Cc2nc[nH]c2CN1. The standard InChI is InChI=1S/C11H18N4O2S/c1-7(5-18(2)17)15-11(16)9-3-8-10(4-12-9)14-6-13-8/h6-7,9,12H,3-5H2,1-2H3,(H,13,14)(H,15,16). The molecule has 2 heterocycles. The molecule has 100 valence electrons. The van der Waals surface area contributed by atoms with Gasteiger partial charge >= 0.3 is 0 Å². The summed E-state index contributed by atoms with van der Waals surface area (Å²) in [6, 6.07) is -0.334. The number of nitrogens with zero attached hydrogens (tertiary/aromatic N) is 1. The van der Waals surface area contributed by atoms with E-state index in [2.05, 4.69) is 20.6 Å². The zero-order valence-corrected chi connectivity index (χ0v) is 11.3. The number of H-pyrrole nitrogens is 1. The molecule has 1 amide bonds. The van der Waals surface area contributed by atoms with Crippen LogP contribution in [0, 0.1) is 0 Å². The van der Waals surface area contributed by atoms with Crippen molar-refractivity contribution in [3.63, 3.8) is 0 Å². The van der Waals surface area contributed by atoms with Gasteiger partial charge in [0.1, 0.15) is 0 Å². The smallest absolute Gasteiger partial charge is 0.237 e. The minimum Gasteiger partial charge on any atom is -0.351 e. The number of aromatic amines is 1. The van der Waals surface area contributed by atoms with Crippen molar-refractivity contribution in [1.82, 2.24) is 20.6 Å². The van der Waals surface area contributed by atoms with Gasteiger partial charge in [-0.2, -0.15) is 0 Å². The minimum atomic E-state index is -0.899. The van der Waals surface area contributed by atoms with E-state index in [-0.39, 0.29) is 18.0 Å². The average molecular weight is 270 g/mol. The number of fused-ring (bicyclic) bond motifs is 1. The Morgan fingerprint density at radius 3 is 3.22 bits per heavy atom. The molecule has 1 aromatic heterocycles. The Balaban J connectivity index is 1.89. The summed E-state index contributed by atoms with van der Waals surface area (Å²) in [6.45, 7) is 2.49. The van der Waals surface area contributed by atoms with E-state index in [0.29, 0.717) is 18.7 Å². The first-order valence-corrected chi connectivity index (χ1v) is 7.64. The lowest BCUT2D eigenvalue weighted by Crippen LogP contribution is -2.50. The molecule has 3 atom stereocenters. The molecular formula is C11H18N4O2S. The number of carbonyl (C=O) groups is 1. The van der Waals surface area contributed by atoms with E-state index >= 15 is 0 Å². The van der Waals surface area contributed by atoms with Crippen LogP contribution in [0.25, 0.3) is 0 Å². The van der Waals surface area contributed by atoms with Crippen LogP contribution in [0.2, 0.25) is 0 Å². The Bertz CT molecular complexity index is 460. The summed E-state index contributed by atoms with van der Waals surface area (Å²) in [5, 5.41) is 6.03. The van der Waals surface area contributed by atoms with Crippen LogP contribution in [-0.4, -0.2) is 44.2 Å². The lowest BCUT2D eigenvalue weighted by molar-refractivity contribution is -0.123. The van der Waals surface area contributed by atoms with Crippen molar-refractivity contribution in [2.24, 2.45) is 0 Å². The van der Waals surface area contributed by atoms with Crippen LogP contribution in [0.4, 0.5) is 0 Å². The molecule has 0 fully saturated rings. The van der Waals surface area contributed by atoms with Gasteiger partial charge in [0, 0.05) is 41.8 Å². The molecule has 1 aromatic rings. The molecule has 0 radical (unpaired) electrons. The van der Waals surface area contributed by atoms with Crippen molar-refractivity contribution in [2.75, 3.05) is 12.0 Å². The largest absolute Gasteiger partial charge is 0.351 e. The topological polar surface area (TPSA) is 86.9 Å². The van der Waals surface area contributed by atoms with Crippen LogP contribution in [0.15, 0.2) is 6.33 Å². The zero-order chi connectivity index (χ0) is 13.1. The molecule has 3 N–H and O–H groups in total. The van der Waals surface area contributed by atoms with Crippen LogP contribution in [0.3, 0.4) is 0 Å². The Labute approximate surface area is 108 Å². The lowest BCUT2D eigenvalue weighted by Gasteiger charge is -2.24. The van der Waals surface area contributed by atoms with Gasteiger partial charge in [-0.1, -0.05) is 0 Å². The average Bonchev–Trinajstić information content (AvgIpc) is 2.74. The van der Waals surface area contributed by atoms with Gasteiger partial charge in [-0.05, 0) is 6.92 Å². The summed E-state index contributed by atoms with van der Waals surface area (Å²) >= 11 is 0. The van der Waals surface area contributed by atoms with Crippen molar-refractivity contribution < 1.29 is 9.00 Å². The van der Waals surface area contributed by atoms with Gasteiger partial charge in [0.25, 0.3) is 0 Å². The molecule has 18 heavy (non-hydrogen) atoms. The maximum atomic E-state index is 12.0. The van der Waals surface area contributed by atoms with E-state index in [1.165, 1.54) is 0 Å². The lowest BCUT2D eigenvalue weighted by atomic mass is 10.0. The van der Waals surface area contributed by atoms with Gasteiger partial charge < -0.3 is 10.3 Å². The highest BCUT2D eigenvalue weighted by Crippen LogP contribution is 2.12. The third kappa shape index (κ3) is 3.17. The molecular weight excluding hydrogens is 252 g/mol. The van der Waals surface area contributed by atoms with Crippen LogP contribution in [0.5, 0.6) is 0 Å². The maximum Gasteiger partial charge on any atom is 0.237 e. The Hall–Kier alpha value is -1.21. The molecule has 0 bridgehead atoms. The van der Waals surface area contributed by atoms with E-state index < -0.39 is 10.8 Å². The summed E-state index contributed by atoms with van der Waals surface area (Å²) in [4.78, 5) is 19.2. The molecule has 1 aliphatic heterocycles. The number of hydrogen-bond acceptors (Lipinski definition) is 4. The first-order chi connectivity index (χ1) is 8.56. The normalized spacial score (nSPS) is 22.0. The van der Waals surface area contributed by atoms with E-state index in [1.54, 1.807) is 12.6 Å². The predicted octanol–water partition coefficient (Wildman–Crippen LogP) is -0.693. The van der Waals surface area contributed by atoms with Crippen molar-refractivity contribution in [3.8, 4) is 0 Å². The monoisotopic (exact) mass is 270 g/mol. The molecule has 3 unspecified atom stereocenters. The van der Waals surface area contributed by atoms with Crippen LogP contribution in [0.1, 0.15) is 18.3 Å². The van der Waals surface area contributed by atoms with Gasteiger partial charge in [-0.15, -0.1) is 0 Å². The fourth-order valence-corrected chi connectivity index (χ4v) is 2.88. The third-order valence-corrected chi connectivity index (χ3v) is 3.89. The summed E-state index contributed by atoms with van der Waals surface area (Å²) < 4.78 is 11.1. The van der Waals surface area contributed by atoms with E-state index in [4.69, 9.17) is 0 Å². The second-order valence-corrected chi connectivity index (χ2v) is 6.09. The van der Waals surface area contributed by atoms with Crippen molar-refractivity contribution in [3.05, 3.63) is 17.7 Å². The third-order valence-electron chi connectivity index (χ3n) is 2.92. The molecule has 0 saturated heterocycles. The second-order valence-electron chi connectivity index (χ2n) is 4.61. The number of rotatable bonds is 4. The van der Waals surface area contributed by atoms with Crippen molar-refractivity contribution in [1.29, 1.82) is 0 Å². The van der Waals surface area contributed by atoms with Crippen molar-refractivity contribution >= 4 is 16.7 Å². The molecule has 0 aliphatic carbocycles. The second kappa shape index (κ2) is 5.62. The van der Waals surface area contributed by atoms with E-state index in [1.807, 2.05) is 6.92 Å². The predicted molar refractivity (Wildman–Crippen MR) is 69.5 cm³/mol. The molecule has 1 aliphatic rings. The number of hydrogen-bond donors (Lipinski definition) is 3. The highest BCUT2D eigenvalue weighted by molar-refractivity contribution is 7.84. The summed E-state index contributed by atoms with van der Waals surface area (Å²) in [5.41, 5.74) is 1.99. The van der Waals surface area contributed by atoms with E-state index in [9.17, 15) is 9.00 Å². The van der Waals surface area contributed by atoms with Gasteiger partial charge in [-0.3, -0.25) is 14.3 Å². The fraction of sp³-hybridized carbons (Fsp3) is 0.636. The van der Waals surface area contributed by atoms with Gasteiger partial charge in [0.2, 0.25) is 5.91 Å². The van der Waals surface area contributed by atoms with Crippen LogP contribution >= 0.6 is 0 Å². The summed E-state index contributed by atoms with van der Waals surface area (Å²) in [7, 11) is -0.899. The highest BCUT2D eigenvalue weighted by Gasteiger charge is 2.26. The Morgan fingerprint density at radius 1 is 1.72 bits per heavy atom. The van der Waals surface area contributed by atoms with Gasteiger partial charge in [0.05, 0.1) is 23.8 Å². The summed E-state index contributed by atoms with van der Waals surface area (Å²) in [6.07, 6.45) is 3.87. The highest BCUT2D eigenvalue weighted by atomic mass is 32.2.